The highest BCUT2D eigenvalue weighted by molar-refractivity contribution is 6.30. The molecule has 1 unspecified atom stereocenters. The lowest BCUT2D eigenvalue weighted by molar-refractivity contribution is 0.157. The van der Waals surface area contributed by atoms with Gasteiger partial charge in [0.25, 0.3) is 0 Å². The van der Waals surface area contributed by atoms with Crippen molar-refractivity contribution in [3.8, 4) is 0 Å². The summed E-state index contributed by atoms with van der Waals surface area (Å²) < 4.78 is 0. The lowest BCUT2D eigenvalue weighted by atomic mass is 9.71. The van der Waals surface area contributed by atoms with Gasteiger partial charge in [0.05, 0.1) is 0 Å². The van der Waals surface area contributed by atoms with E-state index in [0.717, 1.165) is 17.4 Å². The molecule has 1 aliphatic carbocycles. The zero-order valence-corrected chi connectivity index (χ0v) is 14.7. The van der Waals surface area contributed by atoms with Crippen molar-refractivity contribution in [2.45, 2.75) is 71.9 Å². The molecule has 1 saturated carbocycles. The topological polar surface area (TPSA) is 12.0 Å². The van der Waals surface area contributed by atoms with Crippen LogP contribution < -0.4 is 5.32 Å². The summed E-state index contributed by atoms with van der Waals surface area (Å²) in [7, 11) is 0. The minimum atomic E-state index is 0.470. The molecule has 2 heteroatoms. The van der Waals surface area contributed by atoms with Crippen molar-refractivity contribution in [2.24, 2.45) is 11.3 Å². The van der Waals surface area contributed by atoms with Crippen LogP contribution in [0.3, 0.4) is 0 Å². The maximum atomic E-state index is 6.06. The molecule has 0 bridgehead atoms. The predicted octanol–water partition coefficient (Wildman–Crippen LogP) is 5.47. The lowest BCUT2D eigenvalue weighted by Crippen LogP contribution is -2.41. The van der Waals surface area contributed by atoms with Gasteiger partial charge < -0.3 is 5.32 Å². The smallest absolute Gasteiger partial charge is 0.0408 e. The molecule has 0 saturated heterocycles. The fourth-order valence-electron chi connectivity index (χ4n) is 3.60. The fraction of sp³-hybridized carbons (Fsp3) is 0.684. The number of hydrogen-bond acceptors (Lipinski definition) is 1. The summed E-state index contributed by atoms with van der Waals surface area (Å²) in [6.07, 6.45) is 6.43. The molecule has 1 atom stereocenters. The van der Waals surface area contributed by atoms with Gasteiger partial charge in [0.2, 0.25) is 0 Å². The van der Waals surface area contributed by atoms with Crippen LogP contribution in [0, 0.1) is 11.3 Å². The molecule has 1 N–H and O–H groups in total. The minimum absolute atomic E-state index is 0.470. The standard InChI is InChI=1S/C19H30ClN/c1-14(12-15-6-5-7-17(20)13-15)21-18-10-8-16(9-11-18)19(2,3)4/h5-7,13-14,16,18,21H,8-12H2,1-4H3. The third-order valence-corrected chi connectivity index (χ3v) is 5.14. The molecule has 0 amide bonds. The molecule has 0 aromatic heterocycles. The van der Waals surface area contributed by atoms with Crippen molar-refractivity contribution in [3.05, 3.63) is 34.9 Å². The van der Waals surface area contributed by atoms with Gasteiger partial charge in [-0.1, -0.05) is 44.5 Å². The fourth-order valence-corrected chi connectivity index (χ4v) is 3.82. The number of halogens is 1. The molecule has 1 aromatic carbocycles. The Labute approximate surface area is 135 Å². The van der Waals surface area contributed by atoms with Crippen molar-refractivity contribution < 1.29 is 0 Å². The number of nitrogens with one attached hydrogen (secondary N) is 1. The number of hydrogen-bond donors (Lipinski definition) is 1. The molecular formula is C19H30ClN. The van der Waals surface area contributed by atoms with E-state index in [4.69, 9.17) is 11.6 Å². The van der Waals surface area contributed by atoms with E-state index in [1.807, 2.05) is 12.1 Å². The van der Waals surface area contributed by atoms with Gasteiger partial charge in [-0.15, -0.1) is 0 Å². The molecule has 1 aromatic rings. The predicted molar refractivity (Wildman–Crippen MR) is 93.0 cm³/mol. The molecule has 1 fully saturated rings. The van der Waals surface area contributed by atoms with Crippen molar-refractivity contribution in [2.75, 3.05) is 0 Å². The van der Waals surface area contributed by atoms with E-state index in [-0.39, 0.29) is 0 Å². The summed E-state index contributed by atoms with van der Waals surface area (Å²) in [6, 6.07) is 9.43. The van der Waals surface area contributed by atoms with Crippen molar-refractivity contribution in [1.82, 2.24) is 5.32 Å². The molecule has 2 rings (SSSR count). The highest BCUT2D eigenvalue weighted by atomic mass is 35.5. The minimum Gasteiger partial charge on any atom is -0.311 e. The first kappa shape index (κ1) is 16.8. The van der Waals surface area contributed by atoms with Gasteiger partial charge in [0, 0.05) is 17.1 Å². The second-order valence-corrected chi connectivity index (χ2v) is 8.25. The van der Waals surface area contributed by atoms with Crippen LogP contribution in [0.2, 0.25) is 5.02 Å². The van der Waals surface area contributed by atoms with Gasteiger partial charge in [-0.05, 0) is 68.1 Å². The van der Waals surface area contributed by atoms with Crippen LogP contribution in [0.4, 0.5) is 0 Å². The van der Waals surface area contributed by atoms with Gasteiger partial charge in [0.1, 0.15) is 0 Å². The van der Waals surface area contributed by atoms with Crippen LogP contribution >= 0.6 is 11.6 Å². The van der Waals surface area contributed by atoms with E-state index in [2.05, 4.69) is 45.1 Å². The summed E-state index contributed by atoms with van der Waals surface area (Å²) in [4.78, 5) is 0. The largest absolute Gasteiger partial charge is 0.311 e. The zero-order chi connectivity index (χ0) is 15.5. The molecular weight excluding hydrogens is 278 g/mol. The van der Waals surface area contributed by atoms with Gasteiger partial charge in [0.15, 0.2) is 0 Å². The maximum Gasteiger partial charge on any atom is 0.0408 e. The summed E-state index contributed by atoms with van der Waals surface area (Å²) >= 11 is 6.06. The lowest BCUT2D eigenvalue weighted by Gasteiger charge is -2.38. The van der Waals surface area contributed by atoms with Crippen LogP contribution in [0.15, 0.2) is 24.3 Å². The Morgan fingerprint density at radius 1 is 1.19 bits per heavy atom. The first-order chi connectivity index (χ1) is 9.84. The van der Waals surface area contributed by atoms with E-state index >= 15 is 0 Å². The molecule has 1 nitrogen and oxygen atoms in total. The molecule has 21 heavy (non-hydrogen) atoms. The van der Waals surface area contributed by atoms with Gasteiger partial charge in [-0.25, -0.2) is 0 Å². The molecule has 0 spiro atoms. The molecule has 0 aliphatic heterocycles. The van der Waals surface area contributed by atoms with Gasteiger partial charge in [-0.2, -0.15) is 0 Å². The Morgan fingerprint density at radius 2 is 1.86 bits per heavy atom. The van der Waals surface area contributed by atoms with Crippen molar-refractivity contribution in [1.29, 1.82) is 0 Å². The van der Waals surface area contributed by atoms with E-state index < -0.39 is 0 Å². The second-order valence-electron chi connectivity index (χ2n) is 7.82. The SMILES string of the molecule is CC(Cc1cccc(Cl)c1)NC1CCC(C(C)(C)C)CC1. The highest BCUT2D eigenvalue weighted by Crippen LogP contribution is 2.37. The summed E-state index contributed by atoms with van der Waals surface area (Å²) in [6.45, 7) is 9.43. The van der Waals surface area contributed by atoms with E-state index in [1.165, 1.54) is 31.2 Å². The maximum absolute atomic E-state index is 6.06. The Balaban J connectivity index is 1.78. The summed E-state index contributed by atoms with van der Waals surface area (Å²) in [5, 5.41) is 4.65. The average molecular weight is 308 g/mol. The Hall–Kier alpha value is -0.530. The van der Waals surface area contributed by atoms with Crippen molar-refractivity contribution in [3.63, 3.8) is 0 Å². The Bertz CT molecular complexity index is 441. The number of rotatable bonds is 4. The van der Waals surface area contributed by atoms with Crippen LogP contribution in [-0.2, 0) is 6.42 Å². The van der Waals surface area contributed by atoms with Gasteiger partial charge in [-0.3, -0.25) is 0 Å². The Morgan fingerprint density at radius 3 is 2.43 bits per heavy atom. The third kappa shape index (κ3) is 5.30. The molecule has 118 valence electrons. The van der Waals surface area contributed by atoms with Crippen LogP contribution in [0.5, 0.6) is 0 Å². The zero-order valence-electron chi connectivity index (χ0n) is 14.0. The molecule has 1 aliphatic rings. The Kier molecular flexibility index (Phi) is 5.73. The van der Waals surface area contributed by atoms with Crippen LogP contribution in [0.1, 0.15) is 58.9 Å². The van der Waals surface area contributed by atoms with E-state index in [9.17, 15) is 0 Å². The van der Waals surface area contributed by atoms with Gasteiger partial charge >= 0.3 is 0 Å². The first-order valence-electron chi connectivity index (χ1n) is 8.35. The quantitative estimate of drug-likeness (QED) is 0.778. The molecule has 0 radical (unpaired) electrons. The first-order valence-corrected chi connectivity index (χ1v) is 8.73. The van der Waals surface area contributed by atoms with E-state index in [0.29, 0.717) is 17.5 Å². The normalized spacial score (nSPS) is 24.8. The third-order valence-electron chi connectivity index (χ3n) is 4.90. The van der Waals surface area contributed by atoms with Crippen molar-refractivity contribution >= 4 is 11.6 Å². The summed E-state index contributed by atoms with van der Waals surface area (Å²) in [5.41, 5.74) is 1.79. The van der Waals surface area contributed by atoms with Crippen LogP contribution in [0.25, 0.3) is 0 Å². The number of benzene rings is 1. The second kappa shape index (κ2) is 7.15. The van der Waals surface area contributed by atoms with E-state index in [1.54, 1.807) is 0 Å². The summed E-state index contributed by atoms with van der Waals surface area (Å²) in [5.74, 6) is 0.888. The molecule has 0 heterocycles. The monoisotopic (exact) mass is 307 g/mol. The average Bonchev–Trinajstić information content (AvgIpc) is 2.38. The van der Waals surface area contributed by atoms with Crippen LogP contribution in [-0.4, -0.2) is 12.1 Å². The highest BCUT2D eigenvalue weighted by Gasteiger charge is 2.29.